The SMILES string of the molecule is CCn1oc(=O)c2ccc(CCC(=O)O)cc21. The summed E-state index contributed by atoms with van der Waals surface area (Å²) in [6.07, 6.45) is 0.536. The molecule has 0 aliphatic carbocycles. The van der Waals surface area contributed by atoms with E-state index in [1.54, 1.807) is 12.1 Å². The van der Waals surface area contributed by atoms with Crippen LogP contribution in [-0.2, 0) is 17.8 Å². The molecule has 1 aromatic carbocycles. The van der Waals surface area contributed by atoms with E-state index in [0.29, 0.717) is 18.4 Å². The molecule has 5 nitrogen and oxygen atoms in total. The van der Waals surface area contributed by atoms with E-state index < -0.39 is 5.97 Å². The van der Waals surface area contributed by atoms with Crippen LogP contribution in [0.2, 0.25) is 0 Å². The highest BCUT2D eigenvalue weighted by atomic mass is 16.5. The van der Waals surface area contributed by atoms with E-state index in [-0.39, 0.29) is 12.0 Å². The van der Waals surface area contributed by atoms with Gasteiger partial charge >= 0.3 is 11.6 Å². The highest BCUT2D eigenvalue weighted by Crippen LogP contribution is 2.15. The lowest BCUT2D eigenvalue weighted by molar-refractivity contribution is -0.136. The van der Waals surface area contributed by atoms with Crippen molar-refractivity contribution in [2.45, 2.75) is 26.3 Å². The van der Waals surface area contributed by atoms with Crippen molar-refractivity contribution in [1.29, 1.82) is 0 Å². The molecule has 90 valence electrons. The lowest BCUT2D eigenvalue weighted by Crippen LogP contribution is -1.98. The van der Waals surface area contributed by atoms with Crippen LogP contribution >= 0.6 is 0 Å². The molecule has 0 spiro atoms. The van der Waals surface area contributed by atoms with E-state index in [4.69, 9.17) is 9.63 Å². The Morgan fingerprint density at radius 2 is 2.24 bits per heavy atom. The molecule has 0 aliphatic heterocycles. The molecule has 0 amide bonds. The molecule has 0 bridgehead atoms. The van der Waals surface area contributed by atoms with Gasteiger partial charge in [0.05, 0.1) is 17.4 Å². The zero-order valence-corrected chi connectivity index (χ0v) is 9.47. The number of rotatable bonds is 4. The maximum atomic E-state index is 11.5. The summed E-state index contributed by atoms with van der Waals surface area (Å²) in [6, 6.07) is 5.26. The standard InChI is InChI=1S/C12H13NO4/c1-2-13-10-7-8(4-6-11(14)15)3-5-9(10)12(16)17-13/h3,5,7H,2,4,6H2,1H3,(H,14,15). The third kappa shape index (κ3) is 2.22. The van der Waals surface area contributed by atoms with E-state index in [1.165, 1.54) is 4.74 Å². The van der Waals surface area contributed by atoms with Gasteiger partial charge in [0, 0.05) is 6.42 Å². The van der Waals surface area contributed by atoms with Gasteiger partial charge in [-0.2, -0.15) is 0 Å². The highest BCUT2D eigenvalue weighted by molar-refractivity contribution is 5.78. The number of fused-ring (bicyclic) bond motifs is 1. The van der Waals surface area contributed by atoms with Crippen molar-refractivity contribution in [3.05, 3.63) is 34.2 Å². The molecule has 0 aliphatic rings. The first kappa shape index (κ1) is 11.4. The largest absolute Gasteiger partial charge is 0.481 e. The van der Waals surface area contributed by atoms with E-state index in [1.807, 2.05) is 13.0 Å². The van der Waals surface area contributed by atoms with Crippen LogP contribution in [0.1, 0.15) is 18.9 Å². The maximum absolute atomic E-state index is 11.5. The highest BCUT2D eigenvalue weighted by Gasteiger charge is 2.09. The van der Waals surface area contributed by atoms with Crippen molar-refractivity contribution in [2.75, 3.05) is 0 Å². The number of aryl methyl sites for hydroxylation is 2. The second kappa shape index (κ2) is 4.45. The number of carboxylic acids is 1. The Hall–Kier alpha value is -2.04. The number of carboxylic acid groups (broad SMARTS) is 1. The molecule has 2 rings (SSSR count). The summed E-state index contributed by atoms with van der Waals surface area (Å²) in [6.45, 7) is 2.45. The van der Waals surface area contributed by atoms with Crippen LogP contribution in [0, 0.1) is 0 Å². The fourth-order valence-electron chi connectivity index (χ4n) is 1.80. The van der Waals surface area contributed by atoms with Gasteiger partial charge in [0.2, 0.25) is 0 Å². The summed E-state index contributed by atoms with van der Waals surface area (Å²) in [5.41, 5.74) is 1.26. The molecule has 1 aromatic heterocycles. The average Bonchev–Trinajstić information content (AvgIpc) is 2.63. The number of nitrogens with zero attached hydrogens (tertiary/aromatic N) is 1. The van der Waals surface area contributed by atoms with E-state index in [0.717, 1.165) is 11.1 Å². The molecule has 2 aromatic rings. The normalized spacial score (nSPS) is 10.9. The van der Waals surface area contributed by atoms with E-state index >= 15 is 0 Å². The number of benzene rings is 1. The van der Waals surface area contributed by atoms with Gasteiger partial charge in [-0.1, -0.05) is 6.07 Å². The second-order valence-electron chi connectivity index (χ2n) is 3.82. The third-order valence-electron chi connectivity index (χ3n) is 2.66. The lowest BCUT2D eigenvalue weighted by atomic mass is 10.1. The average molecular weight is 235 g/mol. The Bertz CT molecular complexity index is 608. The number of hydrogen-bond donors (Lipinski definition) is 1. The summed E-state index contributed by atoms with van der Waals surface area (Å²) in [5.74, 6) is -0.829. The lowest BCUT2D eigenvalue weighted by Gasteiger charge is -2.00. The van der Waals surface area contributed by atoms with Crippen LogP contribution in [-0.4, -0.2) is 15.8 Å². The summed E-state index contributed by atoms with van der Waals surface area (Å²) >= 11 is 0. The Kier molecular flexibility index (Phi) is 2.99. The smallest absolute Gasteiger partial charge is 0.365 e. The minimum Gasteiger partial charge on any atom is -0.481 e. The van der Waals surface area contributed by atoms with Crippen LogP contribution < -0.4 is 5.63 Å². The van der Waals surface area contributed by atoms with Crippen LogP contribution in [0.5, 0.6) is 0 Å². The molecule has 0 radical (unpaired) electrons. The predicted molar refractivity (Wildman–Crippen MR) is 62.1 cm³/mol. The number of aromatic nitrogens is 1. The minimum absolute atomic E-state index is 0.0831. The molecule has 0 atom stereocenters. The summed E-state index contributed by atoms with van der Waals surface area (Å²) in [4.78, 5) is 21.9. The van der Waals surface area contributed by atoms with Gasteiger partial charge in [-0.15, -0.1) is 0 Å². The van der Waals surface area contributed by atoms with Gasteiger partial charge in [0.25, 0.3) is 0 Å². The van der Waals surface area contributed by atoms with Crippen LogP contribution in [0.4, 0.5) is 0 Å². The predicted octanol–water partition coefficient (Wildman–Crippen LogP) is 1.63. The van der Waals surface area contributed by atoms with Gasteiger partial charge in [-0.05, 0) is 31.0 Å². The van der Waals surface area contributed by atoms with Gasteiger partial charge < -0.3 is 9.63 Å². The molecule has 17 heavy (non-hydrogen) atoms. The Balaban J connectivity index is 2.42. The minimum atomic E-state index is -0.829. The first-order valence-electron chi connectivity index (χ1n) is 5.46. The van der Waals surface area contributed by atoms with Gasteiger partial charge in [0.15, 0.2) is 0 Å². The monoisotopic (exact) mass is 235 g/mol. The zero-order valence-electron chi connectivity index (χ0n) is 9.47. The number of carbonyl (C=O) groups is 1. The van der Waals surface area contributed by atoms with Crippen molar-refractivity contribution in [2.24, 2.45) is 0 Å². The van der Waals surface area contributed by atoms with Crippen molar-refractivity contribution in [3.8, 4) is 0 Å². The quantitative estimate of drug-likeness (QED) is 0.874. The Morgan fingerprint density at radius 3 is 2.88 bits per heavy atom. The summed E-state index contributed by atoms with van der Waals surface area (Å²) < 4.78 is 6.56. The van der Waals surface area contributed by atoms with Crippen molar-refractivity contribution >= 4 is 16.9 Å². The van der Waals surface area contributed by atoms with E-state index in [2.05, 4.69) is 0 Å². The third-order valence-corrected chi connectivity index (χ3v) is 2.66. The summed E-state index contributed by atoms with van der Waals surface area (Å²) in [5, 5.41) is 9.15. The molecule has 1 heterocycles. The molecule has 5 heteroatoms. The Morgan fingerprint density at radius 1 is 1.47 bits per heavy atom. The van der Waals surface area contributed by atoms with Crippen LogP contribution in [0.15, 0.2) is 27.5 Å². The Labute approximate surface area is 97.2 Å². The van der Waals surface area contributed by atoms with Gasteiger partial charge in [0.1, 0.15) is 0 Å². The van der Waals surface area contributed by atoms with Crippen LogP contribution in [0.25, 0.3) is 10.9 Å². The van der Waals surface area contributed by atoms with Gasteiger partial charge in [-0.3, -0.25) is 4.79 Å². The first-order chi connectivity index (χ1) is 8.11. The number of aliphatic carboxylic acids is 1. The van der Waals surface area contributed by atoms with Gasteiger partial charge in [-0.25, -0.2) is 9.53 Å². The molecule has 1 N–H and O–H groups in total. The molecular formula is C12H13NO4. The molecule has 0 unspecified atom stereocenters. The number of hydrogen-bond acceptors (Lipinski definition) is 3. The van der Waals surface area contributed by atoms with Crippen molar-refractivity contribution in [1.82, 2.24) is 4.74 Å². The molecule has 0 saturated carbocycles. The topological polar surface area (TPSA) is 72.4 Å². The van der Waals surface area contributed by atoms with Crippen molar-refractivity contribution in [3.63, 3.8) is 0 Å². The molecular weight excluding hydrogens is 222 g/mol. The summed E-state index contributed by atoms with van der Waals surface area (Å²) in [7, 11) is 0. The second-order valence-corrected chi connectivity index (χ2v) is 3.82. The first-order valence-corrected chi connectivity index (χ1v) is 5.46. The van der Waals surface area contributed by atoms with Crippen LogP contribution in [0.3, 0.4) is 0 Å². The fourth-order valence-corrected chi connectivity index (χ4v) is 1.80. The molecule has 0 fully saturated rings. The zero-order chi connectivity index (χ0) is 12.4. The van der Waals surface area contributed by atoms with E-state index in [9.17, 15) is 9.59 Å². The fraction of sp³-hybridized carbons (Fsp3) is 0.333. The maximum Gasteiger partial charge on any atom is 0.365 e. The molecule has 0 saturated heterocycles. The van der Waals surface area contributed by atoms with Crippen molar-refractivity contribution < 1.29 is 14.4 Å².